The molecule has 3 nitrogen and oxygen atoms in total. The first-order chi connectivity index (χ1) is 5.90. The lowest BCUT2D eigenvalue weighted by atomic mass is 10.2. The third-order valence-corrected chi connectivity index (χ3v) is 1.94. The van der Waals surface area contributed by atoms with E-state index in [1.807, 2.05) is 24.3 Å². The van der Waals surface area contributed by atoms with E-state index in [1.165, 1.54) is 0 Å². The minimum Gasteiger partial charge on any atom is -0.497 e. The summed E-state index contributed by atoms with van der Waals surface area (Å²) < 4.78 is 10.3. The zero-order valence-electron chi connectivity index (χ0n) is 6.91. The third-order valence-electron chi connectivity index (χ3n) is 1.94. The predicted molar refractivity (Wildman–Crippen MR) is 44.8 cm³/mol. The van der Waals surface area contributed by atoms with E-state index in [4.69, 9.17) is 9.47 Å². The summed E-state index contributed by atoms with van der Waals surface area (Å²) in [7, 11) is 1.66. The average molecular weight is 165 g/mol. The highest BCUT2D eigenvalue weighted by Gasteiger charge is 2.18. The lowest BCUT2D eigenvalue weighted by Crippen LogP contribution is -2.38. The molecule has 0 aliphatic carbocycles. The van der Waals surface area contributed by atoms with Gasteiger partial charge in [0.25, 0.3) is 0 Å². The Morgan fingerprint density at radius 2 is 2.08 bits per heavy atom. The van der Waals surface area contributed by atoms with Crippen LogP contribution in [0.5, 0.6) is 5.75 Å². The van der Waals surface area contributed by atoms with E-state index < -0.39 is 0 Å². The van der Waals surface area contributed by atoms with Crippen molar-refractivity contribution in [3.05, 3.63) is 29.8 Å². The van der Waals surface area contributed by atoms with Gasteiger partial charge in [0.2, 0.25) is 0 Å². The molecule has 1 aromatic rings. The third kappa shape index (κ3) is 1.29. The van der Waals surface area contributed by atoms with E-state index in [1.54, 1.807) is 7.11 Å². The van der Waals surface area contributed by atoms with Crippen LogP contribution in [-0.4, -0.2) is 13.8 Å². The van der Waals surface area contributed by atoms with Crippen molar-refractivity contribution in [2.45, 2.75) is 6.23 Å². The second-order valence-corrected chi connectivity index (χ2v) is 2.67. The molecule has 1 atom stereocenters. The van der Waals surface area contributed by atoms with Gasteiger partial charge in [-0.05, 0) is 17.7 Å². The molecule has 64 valence electrons. The Morgan fingerprint density at radius 3 is 2.50 bits per heavy atom. The van der Waals surface area contributed by atoms with Gasteiger partial charge in [0, 0.05) is 0 Å². The van der Waals surface area contributed by atoms with Crippen LogP contribution in [0.2, 0.25) is 0 Å². The van der Waals surface area contributed by atoms with Crippen molar-refractivity contribution in [1.82, 2.24) is 5.32 Å². The number of rotatable bonds is 2. The highest BCUT2D eigenvalue weighted by atomic mass is 16.6. The SMILES string of the molecule is COc1ccc(C2NCO2)cc1. The number of nitrogens with one attached hydrogen (secondary N) is 1. The van der Waals surface area contributed by atoms with Gasteiger partial charge in [0.15, 0.2) is 0 Å². The average Bonchev–Trinajstić information content (AvgIpc) is 2.03. The summed E-state index contributed by atoms with van der Waals surface area (Å²) >= 11 is 0. The zero-order chi connectivity index (χ0) is 8.39. The van der Waals surface area contributed by atoms with Gasteiger partial charge in [-0.15, -0.1) is 0 Å². The quantitative estimate of drug-likeness (QED) is 0.715. The lowest BCUT2D eigenvalue weighted by molar-refractivity contribution is -0.0917. The van der Waals surface area contributed by atoms with E-state index in [2.05, 4.69) is 5.32 Å². The van der Waals surface area contributed by atoms with Crippen LogP contribution in [0.4, 0.5) is 0 Å². The molecule has 0 aromatic heterocycles. The van der Waals surface area contributed by atoms with Gasteiger partial charge in [-0.3, -0.25) is 5.32 Å². The number of methoxy groups -OCH3 is 1. The molecule has 1 saturated heterocycles. The number of hydrogen-bond acceptors (Lipinski definition) is 3. The van der Waals surface area contributed by atoms with Gasteiger partial charge in [-0.25, -0.2) is 0 Å². The van der Waals surface area contributed by atoms with Gasteiger partial charge in [-0.2, -0.15) is 0 Å². The maximum absolute atomic E-state index is 5.24. The first-order valence-corrected chi connectivity index (χ1v) is 3.89. The summed E-state index contributed by atoms with van der Waals surface area (Å²) in [4.78, 5) is 0. The van der Waals surface area contributed by atoms with Crippen LogP contribution < -0.4 is 10.1 Å². The van der Waals surface area contributed by atoms with Gasteiger partial charge < -0.3 is 9.47 Å². The maximum Gasteiger partial charge on any atom is 0.137 e. The first-order valence-electron chi connectivity index (χ1n) is 3.89. The molecule has 12 heavy (non-hydrogen) atoms. The molecule has 1 unspecified atom stereocenters. The smallest absolute Gasteiger partial charge is 0.137 e. The fraction of sp³-hybridized carbons (Fsp3) is 0.333. The van der Waals surface area contributed by atoms with Crippen molar-refractivity contribution < 1.29 is 9.47 Å². The molecule has 1 aliphatic heterocycles. The standard InChI is InChI=1S/C9H11NO2/c1-11-8-4-2-7(3-5-8)9-10-6-12-9/h2-5,9-10H,6H2,1H3. The van der Waals surface area contributed by atoms with Gasteiger partial charge in [0.1, 0.15) is 18.7 Å². The molecule has 3 heteroatoms. The molecule has 0 spiro atoms. The Labute approximate surface area is 71.3 Å². The van der Waals surface area contributed by atoms with Crippen LogP contribution in [0.1, 0.15) is 11.8 Å². The Kier molecular flexibility index (Phi) is 1.98. The summed E-state index contributed by atoms with van der Waals surface area (Å²) in [5.74, 6) is 0.873. The maximum atomic E-state index is 5.24. The Hall–Kier alpha value is -1.06. The number of hydrogen-bond donors (Lipinski definition) is 1. The molecule has 1 heterocycles. The zero-order valence-corrected chi connectivity index (χ0v) is 6.91. The first kappa shape index (κ1) is 7.58. The van der Waals surface area contributed by atoms with Crippen LogP contribution in [0.25, 0.3) is 0 Å². The predicted octanol–water partition coefficient (Wildman–Crippen LogP) is 1.27. The van der Waals surface area contributed by atoms with Crippen molar-refractivity contribution in [1.29, 1.82) is 0 Å². The van der Waals surface area contributed by atoms with Crippen LogP contribution in [0.15, 0.2) is 24.3 Å². The Morgan fingerprint density at radius 1 is 1.42 bits per heavy atom. The Bertz CT molecular complexity index is 254. The van der Waals surface area contributed by atoms with Crippen molar-refractivity contribution in [2.75, 3.05) is 13.8 Å². The summed E-state index contributed by atoms with van der Waals surface area (Å²) in [6.45, 7) is 0.649. The monoisotopic (exact) mass is 165 g/mol. The molecule has 2 rings (SSSR count). The molecule has 1 fully saturated rings. The molecule has 0 amide bonds. The summed E-state index contributed by atoms with van der Waals surface area (Å²) in [6.07, 6.45) is 0.0795. The van der Waals surface area contributed by atoms with E-state index in [9.17, 15) is 0 Å². The molecule has 1 aromatic carbocycles. The summed E-state index contributed by atoms with van der Waals surface area (Å²) in [5.41, 5.74) is 1.14. The van der Waals surface area contributed by atoms with E-state index in [0.29, 0.717) is 6.73 Å². The molecule has 1 N–H and O–H groups in total. The van der Waals surface area contributed by atoms with Gasteiger partial charge >= 0.3 is 0 Å². The highest BCUT2D eigenvalue weighted by molar-refractivity contribution is 5.28. The van der Waals surface area contributed by atoms with Crippen molar-refractivity contribution in [3.63, 3.8) is 0 Å². The minimum absolute atomic E-state index is 0.0795. The van der Waals surface area contributed by atoms with Crippen molar-refractivity contribution in [2.24, 2.45) is 0 Å². The van der Waals surface area contributed by atoms with Crippen molar-refractivity contribution >= 4 is 0 Å². The second-order valence-electron chi connectivity index (χ2n) is 2.67. The molecule has 0 bridgehead atoms. The molecule has 0 saturated carbocycles. The van der Waals surface area contributed by atoms with Crippen LogP contribution in [0, 0.1) is 0 Å². The molecular formula is C9H11NO2. The van der Waals surface area contributed by atoms with Crippen LogP contribution in [-0.2, 0) is 4.74 Å². The van der Waals surface area contributed by atoms with Gasteiger partial charge in [-0.1, -0.05) is 12.1 Å². The van der Waals surface area contributed by atoms with Crippen molar-refractivity contribution in [3.8, 4) is 5.75 Å². The number of ether oxygens (including phenoxy) is 2. The van der Waals surface area contributed by atoms with E-state index in [0.717, 1.165) is 11.3 Å². The largest absolute Gasteiger partial charge is 0.497 e. The molecule has 0 radical (unpaired) electrons. The topological polar surface area (TPSA) is 30.5 Å². The molecule has 1 aliphatic rings. The normalized spacial score (nSPS) is 21.6. The fourth-order valence-electron chi connectivity index (χ4n) is 1.16. The minimum atomic E-state index is 0.0795. The van der Waals surface area contributed by atoms with E-state index >= 15 is 0 Å². The highest BCUT2D eigenvalue weighted by Crippen LogP contribution is 2.21. The van der Waals surface area contributed by atoms with Gasteiger partial charge in [0.05, 0.1) is 7.11 Å². The van der Waals surface area contributed by atoms with E-state index in [-0.39, 0.29) is 6.23 Å². The van der Waals surface area contributed by atoms with Crippen LogP contribution in [0.3, 0.4) is 0 Å². The van der Waals surface area contributed by atoms with Crippen LogP contribution >= 0.6 is 0 Å². The Balaban J connectivity index is 2.13. The second kappa shape index (κ2) is 3.13. The summed E-state index contributed by atoms with van der Waals surface area (Å²) in [6, 6.07) is 7.85. The number of benzene rings is 1. The fourth-order valence-corrected chi connectivity index (χ4v) is 1.16. The lowest BCUT2D eigenvalue weighted by Gasteiger charge is -2.28. The molecular weight excluding hydrogens is 154 g/mol. The summed E-state index contributed by atoms with van der Waals surface area (Å²) in [5, 5.41) is 3.14.